The Bertz CT molecular complexity index is 453. The van der Waals surface area contributed by atoms with Crippen LogP contribution in [0.1, 0.15) is 25.5 Å². The van der Waals surface area contributed by atoms with Crippen molar-refractivity contribution in [3.63, 3.8) is 0 Å². The normalized spacial score (nSPS) is 12.5. The molecule has 2 N–H and O–H groups in total. The summed E-state index contributed by atoms with van der Waals surface area (Å²) in [4.78, 5) is 13.6. The van der Waals surface area contributed by atoms with Crippen LogP contribution in [0.4, 0.5) is 4.39 Å². The molecule has 20 heavy (non-hydrogen) atoms. The van der Waals surface area contributed by atoms with Crippen LogP contribution in [0.25, 0.3) is 0 Å². The van der Waals surface area contributed by atoms with E-state index in [4.69, 9.17) is 11.6 Å². The van der Waals surface area contributed by atoms with Crippen molar-refractivity contribution in [2.45, 2.75) is 20.0 Å². The number of amides is 1. The molecule has 0 aromatic heterocycles. The van der Waals surface area contributed by atoms with Crippen LogP contribution in [-0.4, -0.2) is 42.1 Å². The second kappa shape index (κ2) is 8.19. The van der Waals surface area contributed by atoms with E-state index >= 15 is 0 Å². The van der Waals surface area contributed by atoms with Crippen LogP contribution in [0.2, 0.25) is 5.02 Å². The SMILES string of the molecule is CCN(CC)CC(=O)NCC(O)c1ccc(Cl)c(F)c1. The Morgan fingerprint density at radius 2 is 2.10 bits per heavy atom. The average molecular weight is 303 g/mol. The monoisotopic (exact) mass is 302 g/mol. The maximum absolute atomic E-state index is 13.3. The molecule has 0 radical (unpaired) electrons. The topological polar surface area (TPSA) is 52.6 Å². The molecule has 0 heterocycles. The molecule has 4 nitrogen and oxygen atoms in total. The third kappa shape index (κ3) is 5.07. The second-order valence-electron chi connectivity index (χ2n) is 4.45. The Morgan fingerprint density at radius 3 is 2.65 bits per heavy atom. The molecule has 1 rings (SSSR count). The minimum absolute atomic E-state index is 0.00604. The fourth-order valence-corrected chi connectivity index (χ4v) is 1.87. The fourth-order valence-electron chi connectivity index (χ4n) is 1.75. The van der Waals surface area contributed by atoms with Crippen LogP contribution >= 0.6 is 11.6 Å². The lowest BCUT2D eigenvalue weighted by Crippen LogP contribution is -2.38. The van der Waals surface area contributed by atoms with E-state index in [9.17, 15) is 14.3 Å². The van der Waals surface area contributed by atoms with Crippen molar-refractivity contribution in [1.82, 2.24) is 10.2 Å². The van der Waals surface area contributed by atoms with Crippen LogP contribution < -0.4 is 5.32 Å². The number of aliphatic hydroxyl groups excluding tert-OH is 1. The number of halogens is 2. The molecule has 0 bridgehead atoms. The molecule has 0 aliphatic heterocycles. The molecule has 1 atom stereocenters. The van der Waals surface area contributed by atoms with Gasteiger partial charge in [-0.2, -0.15) is 0 Å². The zero-order valence-electron chi connectivity index (χ0n) is 11.7. The number of benzene rings is 1. The molecule has 0 fully saturated rings. The predicted octanol–water partition coefficient (Wildman–Crippen LogP) is 1.97. The van der Waals surface area contributed by atoms with Crippen LogP contribution in [0.15, 0.2) is 18.2 Å². The number of likely N-dealkylation sites (N-methyl/N-ethyl adjacent to an activating group) is 1. The molecule has 1 amide bonds. The standard InChI is InChI=1S/C14H20ClFN2O2/c1-3-18(4-2)9-14(20)17-8-13(19)10-5-6-11(15)12(16)7-10/h5-7,13,19H,3-4,8-9H2,1-2H3,(H,17,20). The predicted molar refractivity (Wildman–Crippen MR) is 77.2 cm³/mol. The van der Waals surface area contributed by atoms with Crippen molar-refractivity contribution in [3.05, 3.63) is 34.6 Å². The summed E-state index contributed by atoms with van der Waals surface area (Å²) in [6.45, 7) is 5.85. The summed E-state index contributed by atoms with van der Waals surface area (Å²) in [5.74, 6) is -0.750. The van der Waals surface area contributed by atoms with E-state index in [1.54, 1.807) is 0 Å². The van der Waals surface area contributed by atoms with Gasteiger partial charge < -0.3 is 10.4 Å². The number of hydrogen-bond donors (Lipinski definition) is 2. The minimum Gasteiger partial charge on any atom is -0.387 e. The fraction of sp³-hybridized carbons (Fsp3) is 0.500. The van der Waals surface area contributed by atoms with E-state index in [-0.39, 0.29) is 24.0 Å². The van der Waals surface area contributed by atoms with Gasteiger partial charge in [0.1, 0.15) is 5.82 Å². The first kappa shape index (κ1) is 16.9. The van der Waals surface area contributed by atoms with E-state index in [0.717, 1.165) is 13.1 Å². The lowest BCUT2D eigenvalue weighted by Gasteiger charge is -2.18. The van der Waals surface area contributed by atoms with Gasteiger partial charge in [0.15, 0.2) is 0 Å². The van der Waals surface area contributed by atoms with Crippen molar-refractivity contribution in [2.24, 2.45) is 0 Å². The number of carbonyl (C=O) groups is 1. The van der Waals surface area contributed by atoms with Crippen molar-refractivity contribution in [3.8, 4) is 0 Å². The highest BCUT2D eigenvalue weighted by Gasteiger charge is 2.13. The van der Waals surface area contributed by atoms with Gasteiger partial charge in [0.2, 0.25) is 5.91 Å². The van der Waals surface area contributed by atoms with Crippen molar-refractivity contribution < 1.29 is 14.3 Å². The Labute approximate surface area is 123 Å². The smallest absolute Gasteiger partial charge is 0.234 e. The molecule has 1 aromatic rings. The van der Waals surface area contributed by atoms with Crippen LogP contribution in [0.3, 0.4) is 0 Å². The third-order valence-electron chi connectivity index (χ3n) is 3.08. The maximum Gasteiger partial charge on any atom is 0.234 e. The molecule has 0 spiro atoms. The van der Waals surface area contributed by atoms with Gasteiger partial charge in [0, 0.05) is 6.54 Å². The molecule has 0 saturated carbocycles. The first-order chi connectivity index (χ1) is 9.47. The van der Waals surface area contributed by atoms with Crippen LogP contribution in [0, 0.1) is 5.82 Å². The van der Waals surface area contributed by atoms with E-state index < -0.39 is 11.9 Å². The Balaban J connectivity index is 2.48. The van der Waals surface area contributed by atoms with Gasteiger partial charge in [-0.25, -0.2) is 4.39 Å². The van der Waals surface area contributed by atoms with E-state index in [0.29, 0.717) is 5.56 Å². The molecule has 0 saturated heterocycles. The number of carbonyl (C=O) groups excluding carboxylic acids is 1. The quantitative estimate of drug-likeness (QED) is 0.810. The van der Waals surface area contributed by atoms with Gasteiger partial charge >= 0.3 is 0 Å². The highest BCUT2D eigenvalue weighted by Crippen LogP contribution is 2.19. The van der Waals surface area contributed by atoms with Crippen LogP contribution in [-0.2, 0) is 4.79 Å². The lowest BCUT2D eigenvalue weighted by molar-refractivity contribution is -0.122. The summed E-state index contributed by atoms with van der Waals surface area (Å²) >= 11 is 5.57. The highest BCUT2D eigenvalue weighted by atomic mass is 35.5. The van der Waals surface area contributed by atoms with E-state index in [1.165, 1.54) is 18.2 Å². The number of hydrogen-bond acceptors (Lipinski definition) is 3. The Hall–Kier alpha value is -1.17. The average Bonchev–Trinajstić information content (AvgIpc) is 2.45. The van der Waals surface area contributed by atoms with E-state index in [2.05, 4.69) is 5.32 Å². The molecule has 1 unspecified atom stereocenters. The van der Waals surface area contributed by atoms with Crippen LogP contribution in [0.5, 0.6) is 0 Å². The van der Waals surface area contributed by atoms with E-state index in [1.807, 2.05) is 18.7 Å². The van der Waals surface area contributed by atoms with Gasteiger partial charge in [-0.15, -0.1) is 0 Å². The van der Waals surface area contributed by atoms with Gasteiger partial charge in [-0.3, -0.25) is 9.69 Å². The number of nitrogens with one attached hydrogen (secondary N) is 1. The maximum atomic E-state index is 13.3. The molecule has 1 aromatic carbocycles. The third-order valence-corrected chi connectivity index (χ3v) is 3.39. The number of rotatable bonds is 7. The van der Waals surface area contributed by atoms with Gasteiger partial charge in [0.05, 0.1) is 17.7 Å². The number of aliphatic hydroxyl groups is 1. The first-order valence-corrected chi connectivity index (χ1v) is 6.97. The van der Waals surface area contributed by atoms with Gasteiger partial charge in [-0.1, -0.05) is 31.5 Å². The summed E-state index contributed by atoms with van der Waals surface area (Å²) in [7, 11) is 0. The second-order valence-corrected chi connectivity index (χ2v) is 4.86. The zero-order chi connectivity index (χ0) is 15.1. The molecule has 0 aliphatic carbocycles. The molecular weight excluding hydrogens is 283 g/mol. The lowest BCUT2D eigenvalue weighted by atomic mass is 10.1. The first-order valence-electron chi connectivity index (χ1n) is 6.60. The highest BCUT2D eigenvalue weighted by molar-refractivity contribution is 6.30. The molecular formula is C14H20ClFN2O2. The molecule has 0 aliphatic rings. The summed E-state index contributed by atoms with van der Waals surface area (Å²) in [5, 5.41) is 12.5. The summed E-state index contributed by atoms with van der Waals surface area (Å²) in [6.07, 6.45) is -0.956. The van der Waals surface area contributed by atoms with Gasteiger partial charge in [0.25, 0.3) is 0 Å². The Kier molecular flexibility index (Phi) is 6.91. The largest absolute Gasteiger partial charge is 0.387 e. The minimum atomic E-state index is -0.956. The Morgan fingerprint density at radius 1 is 1.45 bits per heavy atom. The van der Waals surface area contributed by atoms with Crippen molar-refractivity contribution in [2.75, 3.05) is 26.2 Å². The summed E-state index contributed by atoms with van der Waals surface area (Å²) in [6, 6.07) is 4.09. The summed E-state index contributed by atoms with van der Waals surface area (Å²) < 4.78 is 13.3. The van der Waals surface area contributed by atoms with Crippen molar-refractivity contribution in [1.29, 1.82) is 0 Å². The van der Waals surface area contributed by atoms with Crippen molar-refractivity contribution >= 4 is 17.5 Å². The summed E-state index contributed by atoms with van der Waals surface area (Å²) in [5.41, 5.74) is 0.384. The molecule has 6 heteroatoms. The number of nitrogens with zero attached hydrogens (tertiary/aromatic N) is 1. The molecule has 112 valence electrons. The zero-order valence-corrected chi connectivity index (χ0v) is 12.5. The van der Waals surface area contributed by atoms with Gasteiger partial charge in [-0.05, 0) is 30.8 Å².